The fraction of sp³-hybridized carbons (Fsp3) is 0.267. The number of rotatable bonds is 6. The summed E-state index contributed by atoms with van der Waals surface area (Å²) >= 11 is 15.5. The molecule has 0 aliphatic rings. The highest BCUT2D eigenvalue weighted by Crippen LogP contribution is 2.34. The Morgan fingerprint density at radius 1 is 1.29 bits per heavy atom. The first-order valence-electron chi connectivity index (χ1n) is 6.58. The molecule has 0 spiro atoms. The average Bonchev–Trinajstić information content (AvgIpc) is 2.44. The Kier molecular flexibility index (Phi) is 6.30. The summed E-state index contributed by atoms with van der Waals surface area (Å²) in [6, 6.07) is 7.13. The molecule has 0 amide bonds. The molecular formula is C15H15BrCl2N2O. The highest BCUT2D eigenvalue weighted by molar-refractivity contribution is 9.10. The number of hydrogen-bond donors (Lipinski definition) is 1. The summed E-state index contributed by atoms with van der Waals surface area (Å²) in [7, 11) is 0. The molecule has 0 radical (unpaired) electrons. The first-order chi connectivity index (χ1) is 10.1. The predicted octanol–water partition coefficient (Wildman–Crippen LogP) is 5.44. The first-order valence-corrected chi connectivity index (χ1v) is 8.13. The summed E-state index contributed by atoms with van der Waals surface area (Å²) in [6.45, 7) is 3.83. The molecule has 0 fully saturated rings. The fourth-order valence-electron chi connectivity index (χ4n) is 1.71. The zero-order chi connectivity index (χ0) is 15.2. The predicted molar refractivity (Wildman–Crippen MR) is 90.5 cm³/mol. The Balaban J connectivity index is 2.10. The van der Waals surface area contributed by atoms with Crippen LogP contribution in [0.15, 0.2) is 34.9 Å². The molecule has 0 aliphatic heterocycles. The Morgan fingerprint density at radius 2 is 2.10 bits per heavy atom. The van der Waals surface area contributed by atoms with E-state index < -0.39 is 0 Å². The number of pyridine rings is 1. The van der Waals surface area contributed by atoms with Crippen LogP contribution in [0.2, 0.25) is 10.0 Å². The van der Waals surface area contributed by atoms with Crippen LogP contribution in [-0.4, -0.2) is 11.5 Å². The second kappa shape index (κ2) is 7.99. The van der Waals surface area contributed by atoms with Gasteiger partial charge in [-0.15, -0.1) is 0 Å². The lowest BCUT2D eigenvalue weighted by Crippen LogP contribution is -2.13. The maximum atomic E-state index is 6.22. The Morgan fingerprint density at radius 3 is 2.76 bits per heavy atom. The van der Waals surface area contributed by atoms with Crippen LogP contribution in [0.3, 0.4) is 0 Å². The van der Waals surface area contributed by atoms with Gasteiger partial charge in [-0.1, -0.05) is 30.1 Å². The monoisotopic (exact) mass is 388 g/mol. The van der Waals surface area contributed by atoms with Crippen LogP contribution in [-0.2, 0) is 6.54 Å². The standard InChI is InChI=1S/C15H15BrCl2N2O/c1-2-5-19-8-10-6-13(18)15(20-9-10)21-14-4-3-11(17)7-12(14)16/h3-4,6-7,9,19H,2,5,8H2,1H3. The van der Waals surface area contributed by atoms with Crippen molar-refractivity contribution in [1.82, 2.24) is 10.3 Å². The van der Waals surface area contributed by atoms with Crippen molar-refractivity contribution in [3.63, 3.8) is 0 Å². The number of ether oxygens (including phenoxy) is 1. The third-order valence-corrected chi connectivity index (χ3v) is 3.85. The van der Waals surface area contributed by atoms with Gasteiger partial charge in [-0.05, 0) is 58.7 Å². The molecule has 6 heteroatoms. The van der Waals surface area contributed by atoms with E-state index in [1.807, 2.05) is 6.07 Å². The quantitative estimate of drug-likeness (QED) is 0.667. The van der Waals surface area contributed by atoms with E-state index in [1.165, 1.54) is 0 Å². The maximum Gasteiger partial charge on any atom is 0.238 e. The number of benzene rings is 1. The maximum absolute atomic E-state index is 6.22. The number of halogens is 3. The van der Waals surface area contributed by atoms with Gasteiger partial charge in [0, 0.05) is 17.8 Å². The molecule has 1 heterocycles. The zero-order valence-electron chi connectivity index (χ0n) is 11.5. The number of nitrogens with zero attached hydrogens (tertiary/aromatic N) is 1. The SMILES string of the molecule is CCCNCc1cnc(Oc2ccc(Cl)cc2Br)c(Cl)c1. The van der Waals surface area contributed by atoms with Crippen molar-refractivity contribution in [2.75, 3.05) is 6.54 Å². The van der Waals surface area contributed by atoms with Gasteiger partial charge in [0.1, 0.15) is 10.8 Å². The molecule has 1 N–H and O–H groups in total. The molecule has 2 aromatic rings. The van der Waals surface area contributed by atoms with Crippen molar-refractivity contribution in [2.24, 2.45) is 0 Å². The molecule has 0 saturated carbocycles. The number of aromatic nitrogens is 1. The molecule has 3 nitrogen and oxygen atoms in total. The average molecular weight is 390 g/mol. The van der Waals surface area contributed by atoms with Crippen LogP contribution in [0, 0.1) is 0 Å². The van der Waals surface area contributed by atoms with Crippen molar-refractivity contribution >= 4 is 39.1 Å². The minimum atomic E-state index is 0.374. The Labute approximate surface area is 142 Å². The Hall–Kier alpha value is -0.810. The third-order valence-electron chi connectivity index (χ3n) is 2.72. The molecule has 1 aromatic carbocycles. The smallest absolute Gasteiger partial charge is 0.238 e. The van der Waals surface area contributed by atoms with Crippen molar-refractivity contribution < 1.29 is 4.74 Å². The summed E-state index contributed by atoms with van der Waals surface area (Å²) in [6.07, 6.45) is 2.85. The van der Waals surface area contributed by atoms with Crippen LogP contribution in [0.4, 0.5) is 0 Å². The molecule has 21 heavy (non-hydrogen) atoms. The van der Waals surface area contributed by atoms with Gasteiger partial charge < -0.3 is 10.1 Å². The van der Waals surface area contributed by atoms with Crippen molar-refractivity contribution in [3.05, 3.63) is 50.5 Å². The van der Waals surface area contributed by atoms with E-state index in [0.29, 0.717) is 21.7 Å². The topological polar surface area (TPSA) is 34.2 Å². The highest BCUT2D eigenvalue weighted by atomic mass is 79.9. The lowest BCUT2D eigenvalue weighted by atomic mass is 10.3. The molecule has 2 rings (SSSR count). The second-order valence-corrected chi connectivity index (χ2v) is 6.18. The number of hydrogen-bond acceptors (Lipinski definition) is 3. The van der Waals surface area contributed by atoms with E-state index in [1.54, 1.807) is 24.4 Å². The molecule has 0 unspecified atom stereocenters. The lowest BCUT2D eigenvalue weighted by molar-refractivity contribution is 0.459. The molecule has 1 aromatic heterocycles. The number of nitrogens with one attached hydrogen (secondary N) is 1. The molecular weight excluding hydrogens is 375 g/mol. The van der Waals surface area contributed by atoms with Gasteiger partial charge >= 0.3 is 0 Å². The normalized spacial score (nSPS) is 10.7. The largest absolute Gasteiger partial charge is 0.436 e. The summed E-state index contributed by atoms with van der Waals surface area (Å²) in [5.74, 6) is 0.990. The third kappa shape index (κ3) is 4.85. The van der Waals surface area contributed by atoms with Crippen molar-refractivity contribution in [2.45, 2.75) is 19.9 Å². The van der Waals surface area contributed by atoms with Crippen molar-refractivity contribution in [1.29, 1.82) is 0 Å². The Bertz CT molecular complexity index is 623. The fourth-order valence-corrected chi connectivity index (χ4v) is 2.70. The van der Waals surface area contributed by atoms with Gasteiger partial charge in [-0.3, -0.25) is 0 Å². The van der Waals surface area contributed by atoms with Gasteiger partial charge in [-0.25, -0.2) is 4.98 Å². The lowest BCUT2D eigenvalue weighted by Gasteiger charge is -2.10. The molecule has 112 valence electrons. The zero-order valence-corrected chi connectivity index (χ0v) is 14.6. The first kappa shape index (κ1) is 16.6. The molecule has 0 aliphatic carbocycles. The van der Waals surface area contributed by atoms with Gasteiger partial charge in [0.2, 0.25) is 5.88 Å². The molecule has 0 bridgehead atoms. The van der Waals surface area contributed by atoms with E-state index in [-0.39, 0.29) is 0 Å². The summed E-state index contributed by atoms with van der Waals surface area (Å²) < 4.78 is 6.46. The second-order valence-electron chi connectivity index (χ2n) is 4.48. The summed E-state index contributed by atoms with van der Waals surface area (Å²) in [5.41, 5.74) is 1.02. The van der Waals surface area contributed by atoms with Crippen LogP contribution >= 0.6 is 39.1 Å². The molecule has 0 saturated heterocycles. The van der Waals surface area contributed by atoms with E-state index in [9.17, 15) is 0 Å². The van der Waals surface area contributed by atoms with Gasteiger partial charge in [-0.2, -0.15) is 0 Å². The summed E-state index contributed by atoms with van der Waals surface area (Å²) in [4.78, 5) is 4.27. The minimum absolute atomic E-state index is 0.374. The highest BCUT2D eigenvalue weighted by Gasteiger charge is 2.09. The van der Waals surface area contributed by atoms with Gasteiger partial charge in [0.15, 0.2) is 0 Å². The van der Waals surface area contributed by atoms with Crippen LogP contribution < -0.4 is 10.1 Å². The van der Waals surface area contributed by atoms with E-state index in [0.717, 1.165) is 29.5 Å². The van der Waals surface area contributed by atoms with E-state index in [2.05, 4.69) is 33.2 Å². The van der Waals surface area contributed by atoms with E-state index in [4.69, 9.17) is 27.9 Å². The van der Waals surface area contributed by atoms with Crippen molar-refractivity contribution in [3.8, 4) is 11.6 Å². The minimum Gasteiger partial charge on any atom is -0.436 e. The van der Waals surface area contributed by atoms with Crippen LogP contribution in [0.25, 0.3) is 0 Å². The van der Waals surface area contributed by atoms with Gasteiger partial charge in [0.05, 0.1) is 4.47 Å². The molecule has 0 atom stereocenters. The van der Waals surface area contributed by atoms with E-state index >= 15 is 0 Å². The van der Waals surface area contributed by atoms with Crippen LogP contribution in [0.5, 0.6) is 11.6 Å². The van der Waals surface area contributed by atoms with Gasteiger partial charge in [0.25, 0.3) is 0 Å². The van der Waals surface area contributed by atoms with Crippen LogP contribution in [0.1, 0.15) is 18.9 Å². The summed E-state index contributed by atoms with van der Waals surface area (Å²) in [5, 5.41) is 4.41.